The number of H-pyrrole nitrogens is 1. The van der Waals surface area contributed by atoms with Crippen molar-refractivity contribution < 1.29 is 9.53 Å². The predicted molar refractivity (Wildman–Crippen MR) is 92.3 cm³/mol. The Morgan fingerprint density at radius 2 is 1.92 bits per heavy atom. The number of halogens is 1. The van der Waals surface area contributed by atoms with Crippen LogP contribution in [0.3, 0.4) is 0 Å². The van der Waals surface area contributed by atoms with E-state index >= 15 is 0 Å². The van der Waals surface area contributed by atoms with Crippen molar-refractivity contribution in [2.75, 3.05) is 7.11 Å². The lowest BCUT2D eigenvalue weighted by Crippen LogP contribution is -2.01. The van der Waals surface area contributed by atoms with Gasteiger partial charge < -0.3 is 9.72 Å². The molecule has 1 aromatic carbocycles. The van der Waals surface area contributed by atoms with Gasteiger partial charge in [0, 0.05) is 11.3 Å². The van der Waals surface area contributed by atoms with Crippen LogP contribution in [0.15, 0.2) is 24.3 Å². The maximum absolute atomic E-state index is 11.5. The van der Waals surface area contributed by atoms with E-state index < -0.39 is 0 Å². The number of aromatic nitrogens is 3. The van der Waals surface area contributed by atoms with E-state index in [-0.39, 0.29) is 5.97 Å². The predicted octanol–water partition coefficient (Wildman–Crippen LogP) is 3.94. The summed E-state index contributed by atoms with van der Waals surface area (Å²) in [5, 5.41) is 1.42. The Bertz CT molecular complexity index is 932. The summed E-state index contributed by atoms with van der Waals surface area (Å²) < 4.78 is 4.71. The summed E-state index contributed by atoms with van der Waals surface area (Å²) in [6, 6.07) is 6.99. The average molecular weight is 342 g/mol. The number of fused-ring (bicyclic) bond motifs is 3. The van der Waals surface area contributed by atoms with Crippen LogP contribution >= 0.6 is 11.6 Å². The highest BCUT2D eigenvalue weighted by Crippen LogP contribution is 2.33. The number of aromatic amines is 1. The zero-order chi connectivity index (χ0) is 16.7. The standard InChI is InChI=1S/C18H16ClN3O2/c1-24-18(23)11-8-6-10(7-9-11)16-21-15(19)14-12-4-2-3-5-13(12)20-17(14)22-16/h6-9H,2-5H2,1H3,(H,20,21,22). The fourth-order valence-electron chi connectivity index (χ4n) is 3.26. The normalized spacial score (nSPS) is 13.8. The monoisotopic (exact) mass is 341 g/mol. The van der Waals surface area contributed by atoms with E-state index in [1.54, 1.807) is 24.3 Å². The number of ether oxygens (including phenoxy) is 1. The Balaban J connectivity index is 1.79. The molecule has 0 aliphatic heterocycles. The number of hydrogen-bond donors (Lipinski definition) is 1. The molecule has 0 spiro atoms. The Kier molecular flexibility index (Phi) is 3.73. The van der Waals surface area contributed by atoms with Crippen molar-refractivity contribution in [1.29, 1.82) is 0 Å². The first-order chi connectivity index (χ1) is 11.7. The van der Waals surface area contributed by atoms with Gasteiger partial charge in [-0.05, 0) is 43.4 Å². The van der Waals surface area contributed by atoms with E-state index in [4.69, 9.17) is 16.3 Å². The molecule has 2 heterocycles. The van der Waals surface area contributed by atoms with Crippen molar-refractivity contribution in [3.8, 4) is 11.4 Å². The van der Waals surface area contributed by atoms with Crippen LogP contribution in [0.4, 0.5) is 0 Å². The molecule has 5 nitrogen and oxygen atoms in total. The van der Waals surface area contributed by atoms with Crippen molar-refractivity contribution in [2.24, 2.45) is 0 Å². The molecule has 4 rings (SSSR count). The molecule has 3 aromatic rings. The average Bonchev–Trinajstić information content (AvgIpc) is 3.00. The van der Waals surface area contributed by atoms with Gasteiger partial charge in [0.05, 0.1) is 18.1 Å². The highest BCUT2D eigenvalue weighted by atomic mass is 35.5. The summed E-state index contributed by atoms with van der Waals surface area (Å²) in [6.07, 6.45) is 4.41. The van der Waals surface area contributed by atoms with Crippen LogP contribution in [-0.4, -0.2) is 28.0 Å². The van der Waals surface area contributed by atoms with Crippen molar-refractivity contribution in [3.63, 3.8) is 0 Å². The van der Waals surface area contributed by atoms with Gasteiger partial charge in [-0.15, -0.1) is 0 Å². The quantitative estimate of drug-likeness (QED) is 0.566. The topological polar surface area (TPSA) is 67.9 Å². The van der Waals surface area contributed by atoms with Crippen molar-refractivity contribution in [2.45, 2.75) is 25.7 Å². The second kappa shape index (κ2) is 5.91. The molecule has 1 aliphatic rings. The Hall–Kier alpha value is -2.40. The zero-order valence-electron chi connectivity index (χ0n) is 13.2. The fourth-order valence-corrected chi connectivity index (χ4v) is 3.54. The zero-order valence-corrected chi connectivity index (χ0v) is 14.0. The molecule has 0 radical (unpaired) electrons. The summed E-state index contributed by atoms with van der Waals surface area (Å²) in [6.45, 7) is 0. The third-order valence-electron chi connectivity index (χ3n) is 4.47. The van der Waals surface area contributed by atoms with E-state index in [1.807, 2.05) is 0 Å². The number of benzene rings is 1. The molecule has 0 amide bonds. The minimum atomic E-state index is -0.368. The SMILES string of the molecule is COC(=O)c1ccc(-c2nc(Cl)c3c4c([nH]c3n2)CCCC4)cc1. The number of methoxy groups -OCH3 is 1. The summed E-state index contributed by atoms with van der Waals surface area (Å²) in [5.74, 6) is 0.176. The van der Waals surface area contributed by atoms with Crippen LogP contribution in [0.5, 0.6) is 0 Å². The molecule has 1 N–H and O–H groups in total. The third-order valence-corrected chi connectivity index (χ3v) is 4.74. The molecule has 0 saturated carbocycles. The molecule has 0 saturated heterocycles. The van der Waals surface area contributed by atoms with E-state index in [2.05, 4.69) is 15.0 Å². The molecule has 122 valence electrons. The van der Waals surface area contributed by atoms with E-state index in [0.29, 0.717) is 16.5 Å². The van der Waals surface area contributed by atoms with Crippen molar-refractivity contribution >= 4 is 28.6 Å². The van der Waals surface area contributed by atoms with Gasteiger partial charge in [-0.3, -0.25) is 0 Å². The first kappa shape index (κ1) is 15.1. The summed E-state index contributed by atoms with van der Waals surface area (Å²) >= 11 is 6.45. The molecule has 0 unspecified atom stereocenters. The number of carbonyl (C=O) groups is 1. The largest absolute Gasteiger partial charge is 0.465 e. The highest BCUT2D eigenvalue weighted by Gasteiger charge is 2.20. The van der Waals surface area contributed by atoms with Crippen LogP contribution in [0, 0.1) is 0 Å². The van der Waals surface area contributed by atoms with Crippen molar-refractivity contribution in [3.05, 3.63) is 46.2 Å². The molecular weight excluding hydrogens is 326 g/mol. The van der Waals surface area contributed by atoms with Crippen LogP contribution in [0.1, 0.15) is 34.5 Å². The Morgan fingerprint density at radius 3 is 2.67 bits per heavy atom. The number of hydrogen-bond acceptors (Lipinski definition) is 4. The molecule has 6 heteroatoms. The minimum absolute atomic E-state index is 0.368. The lowest BCUT2D eigenvalue weighted by Gasteiger charge is -2.10. The molecule has 2 aromatic heterocycles. The van der Waals surface area contributed by atoms with Crippen LogP contribution in [-0.2, 0) is 17.6 Å². The van der Waals surface area contributed by atoms with Crippen LogP contribution < -0.4 is 0 Å². The molecule has 1 aliphatic carbocycles. The Labute approximate surface area is 144 Å². The van der Waals surface area contributed by atoms with Crippen LogP contribution in [0.25, 0.3) is 22.4 Å². The number of carbonyl (C=O) groups excluding carboxylic acids is 1. The van der Waals surface area contributed by atoms with Gasteiger partial charge >= 0.3 is 5.97 Å². The second-order valence-electron chi connectivity index (χ2n) is 5.92. The summed E-state index contributed by atoms with van der Waals surface area (Å²) in [7, 11) is 1.36. The van der Waals surface area contributed by atoms with Gasteiger partial charge in [0.1, 0.15) is 10.8 Å². The van der Waals surface area contributed by atoms with E-state index in [0.717, 1.165) is 29.4 Å². The third kappa shape index (κ3) is 2.45. The minimum Gasteiger partial charge on any atom is -0.465 e. The molecule has 24 heavy (non-hydrogen) atoms. The molecular formula is C18H16ClN3O2. The van der Waals surface area contributed by atoms with Gasteiger partial charge in [0.15, 0.2) is 5.82 Å². The smallest absolute Gasteiger partial charge is 0.337 e. The fraction of sp³-hybridized carbons (Fsp3) is 0.278. The van der Waals surface area contributed by atoms with Gasteiger partial charge in [0.25, 0.3) is 0 Å². The number of nitrogens with zero attached hydrogens (tertiary/aromatic N) is 2. The van der Waals surface area contributed by atoms with Gasteiger partial charge in [0.2, 0.25) is 0 Å². The van der Waals surface area contributed by atoms with Crippen LogP contribution in [0.2, 0.25) is 5.15 Å². The van der Waals surface area contributed by atoms with Gasteiger partial charge in [-0.1, -0.05) is 23.7 Å². The lowest BCUT2D eigenvalue weighted by molar-refractivity contribution is 0.0601. The van der Waals surface area contributed by atoms with Gasteiger partial charge in [-0.2, -0.15) is 0 Å². The van der Waals surface area contributed by atoms with E-state index in [9.17, 15) is 4.79 Å². The molecule has 0 fully saturated rings. The highest BCUT2D eigenvalue weighted by molar-refractivity contribution is 6.34. The van der Waals surface area contributed by atoms with Crippen molar-refractivity contribution in [1.82, 2.24) is 15.0 Å². The summed E-state index contributed by atoms with van der Waals surface area (Å²) in [4.78, 5) is 24.0. The number of nitrogens with one attached hydrogen (secondary N) is 1. The first-order valence-corrected chi connectivity index (χ1v) is 8.31. The number of rotatable bonds is 2. The van der Waals surface area contributed by atoms with Gasteiger partial charge in [-0.25, -0.2) is 14.8 Å². The molecule has 0 bridgehead atoms. The lowest BCUT2D eigenvalue weighted by atomic mass is 9.96. The molecule has 0 atom stereocenters. The maximum Gasteiger partial charge on any atom is 0.337 e. The summed E-state index contributed by atoms with van der Waals surface area (Å²) in [5.41, 5.74) is 4.57. The first-order valence-electron chi connectivity index (χ1n) is 7.93. The Morgan fingerprint density at radius 1 is 1.17 bits per heavy atom. The number of aryl methyl sites for hydroxylation is 2. The number of esters is 1. The maximum atomic E-state index is 11.5. The second-order valence-corrected chi connectivity index (χ2v) is 6.28. The van der Waals surface area contributed by atoms with E-state index in [1.165, 1.54) is 31.2 Å².